The number of anilines is 2. The third kappa shape index (κ3) is 3.92. The van der Waals surface area contributed by atoms with Gasteiger partial charge in [-0.05, 0) is 24.3 Å². The Balaban J connectivity index is 2.21. The fraction of sp³-hybridized carbons (Fsp3) is 0.176. The largest absolute Gasteiger partial charge is 0.322 e. The second kappa shape index (κ2) is 7.51. The van der Waals surface area contributed by atoms with E-state index < -0.39 is 11.7 Å². The van der Waals surface area contributed by atoms with Crippen LogP contribution in [0.2, 0.25) is 0 Å². The van der Waals surface area contributed by atoms with E-state index in [1.807, 2.05) is 6.07 Å². The minimum absolute atomic E-state index is 0.158. The monoisotopic (exact) mass is 315 g/mol. The average Bonchev–Trinajstić information content (AvgIpc) is 2.59. The van der Waals surface area contributed by atoms with Crippen molar-refractivity contribution in [1.82, 2.24) is 0 Å². The summed E-state index contributed by atoms with van der Waals surface area (Å²) in [7, 11) is 1.47. The molecule has 0 spiro atoms. The van der Waals surface area contributed by atoms with Gasteiger partial charge in [-0.1, -0.05) is 30.3 Å². The molecule has 2 N–H and O–H groups in total. The third-order valence-corrected chi connectivity index (χ3v) is 3.42. The molecule has 120 valence electrons. The maximum atomic E-state index is 13.8. The second-order valence-electron chi connectivity index (χ2n) is 4.92. The van der Waals surface area contributed by atoms with Crippen LogP contribution in [0, 0.1) is 5.82 Å². The van der Waals surface area contributed by atoms with Gasteiger partial charge in [0.05, 0.1) is 12.2 Å². The van der Waals surface area contributed by atoms with Crippen molar-refractivity contribution >= 4 is 23.2 Å². The first kappa shape index (κ1) is 16.6. The van der Waals surface area contributed by atoms with E-state index in [1.54, 1.807) is 36.4 Å². The van der Waals surface area contributed by atoms with E-state index in [-0.39, 0.29) is 24.7 Å². The van der Waals surface area contributed by atoms with Gasteiger partial charge in [-0.25, -0.2) is 4.39 Å². The van der Waals surface area contributed by atoms with E-state index in [0.717, 1.165) is 0 Å². The molecule has 0 fully saturated rings. The van der Waals surface area contributed by atoms with Crippen molar-refractivity contribution in [2.75, 3.05) is 29.9 Å². The van der Waals surface area contributed by atoms with Crippen molar-refractivity contribution in [3.8, 4) is 0 Å². The van der Waals surface area contributed by atoms with Gasteiger partial charge in [0, 0.05) is 12.7 Å². The first-order valence-electron chi connectivity index (χ1n) is 7.11. The van der Waals surface area contributed by atoms with E-state index in [2.05, 4.69) is 0 Å². The van der Waals surface area contributed by atoms with Crippen molar-refractivity contribution < 1.29 is 14.0 Å². The van der Waals surface area contributed by atoms with Crippen molar-refractivity contribution in [3.63, 3.8) is 0 Å². The van der Waals surface area contributed by atoms with Gasteiger partial charge in [-0.15, -0.1) is 0 Å². The molecule has 0 unspecified atom stereocenters. The van der Waals surface area contributed by atoms with Crippen molar-refractivity contribution in [2.24, 2.45) is 5.73 Å². The van der Waals surface area contributed by atoms with E-state index in [9.17, 15) is 14.0 Å². The second-order valence-corrected chi connectivity index (χ2v) is 4.92. The maximum Gasteiger partial charge on any atom is 0.246 e. The summed E-state index contributed by atoms with van der Waals surface area (Å²) >= 11 is 0. The molecule has 0 heterocycles. The predicted octanol–water partition coefficient (Wildman–Crippen LogP) is 1.78. The van der Waals surface area contributed by atoms with E-state index in [1.165, 1.54) is 29.0 Å². The minimum atomic E-state index is -0.500. The standard InChI is InChI=1S/C17H18FN3O2/c1-20(15-10-6-5-9-14(15)18)17(23)12-21(16(22)11-19)13-7-3-2-4-8-13/h2-10H,11-12,19H2,1H3. The van der Waals surface area contributed by atoms with Crippen LogP contribution in [0.5, 0.6) is 0 Å². The number of carbonyl (C=O) groups excluding carboxylic acids is 2. The summed E-state index contributed by atoms with van der Waals surface area (Å²) in [4.78, 5) is 26.9. The van der Waals surface area contributed by atoms with Crippen LogP contribution in [-0.4, -0.2) is 32.0 Å². The summed E-state index contributed by atoms with van der Waals surface area (Å²) in [6.45, 7) is -0.434. The molecular weight excluding hydrogens is 297 g/mol. The minimum Gasteiger partial charge on any atom is -0.322 e. The third-order valence-electron chi connectivity index (χ3n) is 3.42. The number of rotatable bonds is 5. The molecule has 0 aromatic heterocycles. The number of hydrogen-bond donors (Lipinski definition) is 1. The normalized spacial score (nSPS) is 10.2. The number of halogens is 1. The molecule has 0 bridgehead atoms. The Hall–Kier alpha value is -2.73. The molecule has 2 aromatic carbocycles. The van der Waals surface area contributed by atoms with Crippen LogP contribution in [0.3, 0.4) is 0 Å². The number of carbonyl (C=O) groups is 2. The molecule has 2 aromatic rings. The summed E-state index contributed by atoms with van der Waals surface area (Å²) < 4.78 is 13.8. The maximum absolute atomic E-state index is 13.8. The Morgan fingerprint density at radius 1 is 1.00 bits per heavy atom. The lowest BCUT2D eigenvalue weighted by atomic mass is 10.2. The highest BCUT2D eigenvalue weighted by Gasteiger charge is 2.21. The van der Waals surface area contributed by atoms with Gasteiger partial charge in [0.25, 0.3) is 0 Å². The topological polar surface area (TPSA) is 66.6 Å². The molecular formula is C17H18FN3O2. The Morgan fingerprint density at radius 3 is 2.22 bits per heavy atom. The first-order chi connectivity index (χ1) is 11.0. The Kier molecular flexibility index (Phi) is 5.43. The van der Waals surface area contributed by atoms with Crippen molar-refractivity contribution in [2.45, 2.75) is 0 Å². The fourth-order valence-corrected chi connectivity index (χ4v) is 2.14. The average molecular weight is 315 g/mol. The van der Waals surface area contributed by atoms with Crippen LogP contribution >= 0.6 is 0 Å². The fourth-order valence-electron chi connectivity index (χ4n) is 2.14. The molecule has 0 radical (unpaired) electrons. The molecule has 0 aliphatic heterocycles. The van der Waals surface area contributed by atoms with Crippen LogP contribution in [-0.2, 0) is 9.59 Å². The molecule has 0 atom stereocenters. The lowest BCUT2D eigenvalue weighted by Gasteiger charge is -2.25. The van der Waals surface area contributed by atoms with E-state index in [4.69, 9.17) is 5.73 Å². The van der Waals surface area contributed by atoms with Gasteiger partial charge < -0.3 is 15.5 Å². The quantitative estimate of drug-likeness (QED) is 0.914. The van der Waals surface area contributed by atoms with Crippen LogP contribution < -0.4 is 15.5 Å². The number of likely N-dealkylation sites (N-methyl/N-ethyl adjacent to an activating group) is 1. The summed E-state index contributed by atoms with van der Waals surface area (Å²) in [5, 5.41) is 0. The molecule has 5 nitrogen and oxygen atoms in total. The summed E-state index contributed by atoms with van der Waals surface area (Å²) in [5.74, 6) is -1.30. The van der Waals surface area contributed by atoms with E-state index in [0.29, 0.717) is 5.69 Å². The lowest BCUT2D eigenvalue weighted by molar-refractivity contribution is -0.121. The van der Waals surface area contributed by atoms with Crippen molar-refractivity contribution in [3.05, 3.63) is 60.4 Å². The molecule has 23 heavy (non-hydrogen) atoms. The van der Waals surface area contributed by atoms with Gasteiger partial charge in [0.1, 0.15) is 12.4 Å². The lowest BCUT2D eigenvalue weighted by Crippen LogP contribution is -2.44. The first-order valence-corrected chi connectivity index (χ1v) is 7.11. The molecule has 0 aliphatic rings. The molecule has 2 rings (SSSR count). The Labute approximate surface area is 134 Å². The summed E-state index contributed by atoms with van der Waals surface area (Å²) in [6.07, 6.45) is 0. The van der Waals surface area contributed by atoms with Gasteiger partial charge >= 0.3 is 0 Å². The molecule has 6 heteroatoms. The predicted molar refractivity (Wildman–Crippen MR) is 87.7 cm³/mol. The molecule has 0 saturated heterocycles. The zero-order valence-electron chi connectivity index (χ0n) is 12.8. The highest BCUT2D eigenvalue weighted by Crippen LogP contribution is 2.19. The number of para-hydroxylation sites is 2. The molecule has 0 aliphatic carbocycles. The van der Waals surface area contributed by atoms with Gasteiger partial charge in [0.2, 0.25) is 11.8 Å². The van der Waals surface area contributed by atoms with Gasteiger partial charge in [-0.3, -0.25) is 9.59 Å². The van der Waals surface area contributed by atoms with Gasteiger partial charge in [-0.2, -0.15) is 0 Å². The smallest absolute Gasteiger partial charge is 0.246 e. The van der Waals surface area contributed by atoms with Crippen molar-refractivity contribution in [1.29, 1.82) is 0 Å². The highest BCUT2D eigenvalue weighted by molar-refractivity contribution is 6.04. The van der Waals surface area contributed by atoms with Crippen LogP contribution in [0.1, 0.15) is 0 Å². The number of nitrogens with zero attached hydrogens (tertiary/aromatic N) is 2. The number of benzene rings is 2. The number of amides is 2. The summed E-state index contributed by atoms with van der Waals surface area (Å²) in [5.41, 5.74) is 6.15. The van der Waals surface area contributed by atoms with Crippen LogP contribution in [0.25, 0.3) is 0 Å². The van der Waals surface area contributed by atoms with E-state index >= 15 is 0 Å². The summed E-state index contributed by atoms with van der Waals surface area (Å²) in [6, 6.07) is 14.7. The number of hydrogen-bond acceptors (Lipinski definition) is 3. The zero-order chi connectivity index (χ0) is 16.8. The van der Waals surface area contributed by atoms with Gasteiger partial charge in [0.15, 0.2) is 0 Å². The SMILES string of the molecule is CN(C(=O)CN(C(=O)CN)c1ccccc1)c1ccccc1F. The Morgan fingerprint density at radius 2 is 1.61 bits per heavy atom. The Bertz CT molecular complexity index is 691. The molecule has 2 amide bonds. The zero-order valence-corrected chi connectivity index (χ0v) is 12.8. The number of nitrogens with two attached hydrogens (primary N) is 1. The highest BCUT2D eigenvalue weighted by atomic mass is 19.1. The van der Waals surface area contributed by atoms with Crippen LogP contribution in [0.15, 0.2) is 54.6 Å². The molecule has 0 saturated carbocycles. The van der Waals surface area contributed by atoms with Crippen LogP contribution in [0.4, 0.5) is 15.8 Å².